The molecule has 182 valence electrons. The van der Waals surface area contributed by atoms with Crippen molar-refractivity contribution < 1.29 is 27.4 Å². The Hall–Kier alpha value is -2.68. The number of likely N-dealkylation sites (tertiary alicyclic amines) is 1. The van der Waals surface area contributed by atoms with Crippen molar-refractivity contribution in [2.24, 2.45) is 5.92 Å². The normalized spacial score (nSPS) is 21.1. The van der Waals surface area contributed by atoms with E-state index in [9.17, 15) is 18.0 Å². The highest BCUT2D eigenvalue weighted by molar-refractivity contribution is 6.33. The standard InChI is InChI=1S/C24H25ClF3N3O3/c25-18-13-17(24(26,27)28)14-29-22(18)30-8-5-15(6-9-30)23(32)31-7-1-2-19(31)16-3-4-20-21(12-16)34-11-10-33-20/h3-4,12-15,19H,1-2,5-11H2/t19-/m1/s1. The van der Waals surface area contributed by atoms with Crippen LogP contribution in [0.15, 0.2) is 30.5 Å². The van der Waals surface area contributed by atoms with Crippen LogP contribution >= 0.6 is 11.6 Å². The molecule has 2 aromatic rings. The van der Waals surface area contributed by atoms with Crippen LogP contribution in [0.25, 0.3) is 0 Å². The van der Waals surface area contributed by atoms with Gasteiger partial charge in [-0.3, -0.25) is 4.79 Å². The number of hydrogen-bond donors (Lipinski definition) is 0. The molecule has 0 spiro atoms. The molecule has 0 aliphatic carbocycles. The molecular weight excluding hydrogens is 471 g/mol. The van der Waals surface area contributed by atoms with Gasteiger partial charge in [-0.05, 0) is 49.4 Å². The number of rotatable bonds is 3. The number of aromatic nitrogens is 1. The number of carbonyl (C=O) groups is 1. The molecule has 3 aliphatic rings. The lowest BCUT2D eigenvalue weighted by Crippen LogP contribution is -2.42. The number of ether oxygens (including phenoxy) is 2. The third-order valence-electron chi connectivity index (χ3n) is 6.78. The minimum Gasteiger partial charge on any atom is -0.486 e. The van der Waals surface area contributed by atoms with Crippen LogP contribution in [-0.2, 0) is 11.0 Å². The summed E-state index contributed by atoms with van der Waals surface area (Å²) in [6.07, 6.45) is -0.646. The number of amides is 1. The second-order valence-electron chi connectivity index (χ2n) is 8.88. The van der Waals surface area contributed by atoms with Gasteiger partial charge >= 0.3 is 6.18 Å². The van der Waals surface area contributed by atoms with Crippen LogP contribution in [0.5, 0.6) is 11.5 Å². The Morgan fingerprint density at radius 3 is 2.47 bits per heavy atom. The molecule has 2 fully saturated rings. The third kappa shape index (κ3) is 4.50. The molecule has 0 N–H and O–H groups in total. The summed E-state index contributed by atoms with van der Waals surface area (Å²) < 4.78 is 50.0. The van der Waals surface area contributed by atoms with E-state index < -0.39 is 11.7 Å². The first kappa shape index (κ1) is 23.1. The number of hydrogen-bond acceptors (Lipinski definition) is 5. The lowest BCUT2D eigenvalue weighted by Gasteiger charge is -2.36. The fourth-order valence-electron chi connectivity index (χ4n) is 5.04. The zero-order valence-electron chi connectivity index (χ0n) is 18.5. The van der Waals surface area contributed by atoms with E-state index in [1.54, 1.807) is 0 Å². The summed E-state index contributed by atoms with van der Waals surface area (Å²) in [5, 5.41) is -0.0298. The molecule has 1 aromatic carbocycles. The van der Waals surface area contributed by atoms with E-state index in [2.05, 4.69) is 4.98 Å². The van der Waals surface area contributed by atoms with E-state index in [1.807, 2.05) is 28.0 Å². The third-order valence-corrected chi connectivity index (χ3v) is 7.06. The van der Waals surface area contributed by atoms with Gasteiger partial charge in [0.05, 0.1) is 16.6 Å². The fourth-order valence-corrected chi connectivity index (χ4v) is 5.32. The predicted octanol–water partition coefficient (Wildman–Crippen LogP) is 5.11. The molecule has 10 heteroatoms. The van der Waals surface area contributed by atoms with Gasteiger partial charge in [-0.1, -0.05) is 17.7 Å². The van der Waals surface area contributed by atoms with E-state index in [4.69, 9.17) is 21.1 Å². The SMILES string of the molecule is O=C(C1CCN(c2ncc(C(F)(F)F)cc2Cl)CC1)N1CCC[C@@H]1c1ccc2c(c1)OCCO2. The van der Waals surface area contributed by atoms with Crippen LogP contribution in [-0.4, -0.2) is 48.6 Å². The maximum Gasteiger partial charge on any atom is 0.417 e. The second kappa shape index (κ2) is 9.17. The number of halogens is 4. The summed E-state index contributed by atoms with van der Waals surface area (Å²) in [7, 11) is 0. The predicted molar refractivity (Wildman–Crippen MR) is 120 cm³/mol. The van der Waals surface area contributed by atoms with Crippen molar-refractivity contribution in [1.82, 2.24) is 9.88 Å². The monoisotopic (exact) mass is 495 g/mol. The van der Waals surface area contributed by atoms with Crippen molar-refractivity contribution in [3.05, 3.63) is 46.6 Å². The van der Waals surface area contributed by atoms with E-state index >= 15 is 0 Å². The Balaban J connectivity index is 1.24. The number of anilines is 1. The van der Waals surface area contributed by atoms with E-state index in [0.717, 1.165) is 42.2 Å². The summed E-state index contributed by atoms with van der Waals surface area (Å²) in [5.41, 5.74) is 0.179. The molecule has 1 aromatic heterocycles. The van der Waals surface area contributed by atoms with Gasteiger partial charge in [-0.2, -0.15) is 13.2 Å². The Labute approximate surface area is 200 Å². The molecule has 0 radical (unpaired) electrons. The zero-order chi connectivity index (χ0) is 23.9. The smallest absolute Gasteiger partial charge is 0.417 e. The summed E-state index contributed by atoms with van der Waals surface area (Å²) in [6.45, 7) is 2.78. The molecule has 0 unspecified atom stereocenters. The van der Waals surface area contributed by atoms with Crippen molar-refractivity contribution >= 4 is 23.3 Å². The number of pyridine rings is 1. The largest absolute Gasteiger partial charge is 0.486 e. The molecule has 5 rings (SSSR count). The summed E-state index contributed by atoms with van der Waals surface area (Å²) in [6, 6.07) is 6.80. The van der Waals surface area contributed by atoms with E-state index in [0.29, 0.717) is 51.5 Å². The van der Waals surface area contributed by atoms with Crippen LogP contribution in [0.3, 0.4) is 0 Å². The molecule has 1 amide bonds. The van der Waals surface area contributed by atoms with Crippen molar-refractivity contribution in [2.45, 2.75) is 37.9 Å². The van der Waals surface area contributed by atoms with Crippen molar-refractivity contribution in [3.8, 4) is 11.5 Å². The number of carbonyl (C=O) groups excluding carboxylic acids is 1. The summed E-state index contributed by atoms with van der Waals surface area (Å²) in [5.74, 6) is 1.77. The molecule has 3 aliphatic heterocycles. The van der Waals surface area contributed by atoms with Crippen LogP contribution in [0.2, 0.25) is 5.02 Å². The van der Waals surface area contributed by atoms with Crippen LogP contribution in [0, 0.1) is 5.92 Å². The zero-order valence-corrected chi connectivity index (χ0v) is 19.2. The topological polar surface area (TPSA) is 54.9 Å². The Morgan fingerprint density at radius 1 is 1.03 bits per heavy atom. The average Bonchev–Trinajstić information content (AvgIpc) is 3.33. The van der Waals surface area contributed by atoms with Gasteiger partial charge in [-0.25, -0.2) is 4.98 Å². The minimum atomic E-state index is -4.49. The van der Waals surface area contributed by atoms with Gasteiger partial charge in [0.2, 0.25) is 5.91 Å². The van der Waals surface area contributed by atoms with Gasteiger partial charge in [0, 0.05) is 31.7 Å². The number of nitrogens with zero attached hydrogens (tertiary/aromatic N) is 3. The van der Waals surface area contributed by atoms with Crippen LogP contribution in [0.4, 0.5) is 19.0 Å². The Bertz CT molecular complexity index is 1070. The molecular formula is C24H25ClF3N3O3. The Kier molecular flexibility index (Phi) is 6.22. The Morgan fingerprint density at radius 2 is 1.76 bits per heavy atom. The van der Waals surface area contributed by atoms with Crippen molar-refractivity contribution in [3.63, 3.8) is 0 Å². The molecule has 6 nitrogen and oxygen atoms in total. The fraction of sp³-hybridized carbons (Fsp3) is 0.500. The molecule has 0 bridgehead atoms. The summed E-state index contributed by atoms with van der Waals surface area (Å²) >= 11 is 6.11. The highest BCUT2D eigenvalue weighted by Gasteiger charge is 2.37. The van der Waals surface area contributed by atoms with Gasteiger partial charge in [0.25, 0.3) is 0 Å². The number of piperidine rings is 1. The van der Waals surface area contributed by atoms with E-state index in [-0.39, 0.29) is 22.9 Å². The number of alkyl halides is 3. The van der Waals surface area contributed by atoms with Crippen LogP contribution in [0.1, 0.15) is 42.9 Å². The average molecular weight is 496 g/mol. The maximum atomic E-state index is 13.4. The van der Waals surface area contributed by atoms with Crippen LogP contribution < -0.4 is 14.4 Å². The second-order valence-corrected chi connectivity index (χ2v) is 9.29. The molecule has 2 saturated heterocycles. The minimum absolute atomic E-state index is 0.00683. The quantitative estimate of drug-likeness (QED) is 0.592. The molecule has 34 heavy (non-hydrogen) atoms. The molecule has 1 atom stereocenters. The van der Waals surface area contributed by atoms with Gasteiger partial charge in [-0.15, -0.1) is 0 Å². The molecule has 0 saturated carbocycles. The highest BCUT2D eigenvalue weighted by Crippen LogP contribution is 2.40. The lowest BCUT2D eigenvalue weighted by molar-refractivity contribution is -0.138. The highest BCUT2D eigenvalue weighted by atomic mass is 35.5. The maximum absolute atomic E-state index is 13.4. The molecule has 4 heterocycles. The first-order valence-electron chi connectivity index (χ1n) is 11.5. The first-order chi connectivity index (χ1) is 16.3. The number of fused-ring (bicyclic) bond motifs is 1. The number of benzene rings is 1. The van der Waals surface area contributed by atoms with Gasteiger partial charge in [0.1, 0.15) is 19.0 Å². The van der Waals surface area contributed by atoms with E-state index in [1.165, 1.54) is 0 Å². The lowest BCUT2D eigenvalue weighted by atomic mass is 9.94. The van der Waals surface area contributed by atoms with Crippen molar-refractivity contribution in [1.29, 1.82) is 0 Å². The van der Waals surface area contributed by atoms with Crippen molar-refractivity contribution in [2.75, 3.05) is 37.7 Å². The van der Waals surface area contributed by atoms with Gasteiger partial charge in [0.15, 0.2) is 11.5 Å². The van der Waals surface area contributed by atoms with Gasteiger partial charge < -0.3 is 19.3 Å². The first-order valence-corrected chi connectivity index (χ1v) is 11.9. The summed E-state index contributed by atoms with van der Waals surface area (Å²) in [4.78, 5) is 21.2.